The fraction of sp³-hybridized carbons (Fsp3) is 0.333. The lowest BCUT2D eigenvalue weighted by Crippen LogP contribution is -2.35. The summed E-state index contributed by atoms with van der Waals surface area (Å²) in [4.78, 5) is 2.24. The van der Waals surface area contributed by atoms with Crippen LogP contribution in [0.25, 0.3) is 10.8 Å². The van der Waals surface area contributed by atoms with Crippen LogP contribution in [-0.4, -0.2) is 37.4 Å². The smallest absolute Gasteiger partial charge is 0.151 e. The summed E-state index contributed by atoms with van der Waals surface area (Å²) < 4.78 is 23.5. The summed E-state index contributed by atoms with van der Waals surface area (Å²) in [6.07, 6.45) is 2.58. The molecule has 3 nitrogen and oxygen atoms in total. The van der Waals surface area contributed by atoms with E-state index < -0.39 is 9.84 Å². The maximum atomic E-state index is 11.8. The average Bonchev–Trinajstić information content (AvgIpc) is 2.87. The van der Waals surface area contributed by atoms with Gasteiger partial charge in [0.1, 0.15) is 0 Å². The first-order chi connectivity index (χ1) is 10.6. The average molecular weight is 315 g/mol. The monoisotopic (exact) mass is 315 g/mol. The molecule has 1 saturated heterocycles. The van der Waals surface area contributed by atoms with Gasteiger partial charge in [0.15, 0.2) is 9.84 Å². The maximum Gasteiger partial charge on any atom is 0.151 e. The fourth-order valence-corrected chi connectivity index (χ4v) is 4.98. The first kappa shape index (κ1) is 15.3. The van der Waals surface area contributed by atoms with E-state index in [1.165, 1.54) is 16.3 Å². The van der Waals surface area contributed by atoms with Gasteiger partial charge in [-0.2, -0.15) is 0 Å². The topological polar surface area (TPSA) is 37.4 Å². The van der Waals surface area contributed by atoms with E-state index >= 15 is 0 Å². The van der Waals surface area contributed by atoms with Crippen molar-refractivity contribution in [3.63, 3.8) is 0 Å². The third-order valence-corrected chi connectivity index (χ3v) is 6.09. The lowest BCUT2D eigenvalue weighted by Gasteiger charge is -2.27. The summed E-state index contributed by atoms with van der Waals surface area (Å²) in [6.45, 7) is 5.29. The summed E-state index contributed by atoms with van der Waals surface area (Å²) in [5.41, 5.74) is 1.24. The highest BCUT2D eigenvalue weighted by atomic mass is 32.2. The molecule has 4 heteroatoms. The van der Waals surface area contributed by atoms with E-state index in [0.717, 1.165) is 13.0 Å². The second kappa shape index (κ2) is 6.23. The quantitative estimate of drug-likeness (QED) is 0.796. The number of benzene rings is 2. The molecule has 0 bridgehead atoms. The van der Waals surface area contributed by atoms with Gasteiger partial charge in [-0.3, -0.25) is 4.90 Å². The molecule has 1 aliphatic rings. The van der Waals surface area contributed by atoms with Crippen LogP contribution in [0.4, 0.5) is 0 Å². The zero-order valence-electron chi connectivity index (χ0n) is 12.6. The van der Waals surface area contributed by atoms with Crippen LogP contribution in [0.2, 0.25) is 0 Å². The highest BCUT2D eigenvalue weighted by molar-refractivity contribution is 7.91. The molecule has 1 heterocycles. The standard InChI is InChI=1S/C18H21NO2S/c1-2-11-19(17-10-12-22(20,21)14-17)13-16-8-5-7-15-6-3-4-9-18(15)16/h2-9,17H,1,10-14H2. The van der Waals surface area contributed by atoms with E-state index in [0.29, 0.717) is 12.3 Å². The molecule has 0 aromatic heterocycles. The summed E-state index contributed by atoms with van der Waals surface area (Å²) in [5, 5.41) is 2.46. The molecule has 0 amide bonds. The lowest BCUT2D eigenvalue weighted by molar-refractivity contribution is 0.227. The van der Waals surface area contributed by atoms with Gasteiger partial charge in [-0.1, -0.05) is 48.5 Å². The molecule has 3 rings (SSSR count). The number of sulfone groups is 1. The summed E-state index contributed by atoms with van der Waals surface area (Å²) in [6, 6.07) is 14.7. The number of hydrogen-bond acceptors (Lipinski definition) is 3. The van der Waals surface area contributed by atoms with E-state index in [1.807, 2.05) is 18.2 Å². The van der Waals surface area contributed by atoms with Crippen molar-refractivity contribution in [3.05, 3.63) is 60.7 Å². The highest BCUT2D eigenvalue weighted by Crippen LogP contribution is 2.24. The Bertz CT molecular complexity index is 777. The number of rotatable bonds is 5. The largest absolute Gasteiger partial charge is 0.291 e. The summed E-state index contributed by atoms with van der Waals surface area (Å²) in [5.74, 6) is 0.576. The molecule has 0 aliphatic carbocycles. The summed E-state index contributed by atoms with van der Waals surface area (Å²) >= 11 is 0. The van der Waals surface area contributed by atoms with E-state index in [1.54, 1.807) is 0 Å². The molecule has 0 radical (unpaired) electrons. The first-order valence-electron chi connectivity index (χ1n) is 7.61. The Morgan fingerprint density at radius 2 is 1.95 bits per heavy atom. The van der Waals surface area contributed by atoms with Gasteiger partial charge in [0.05, 0.1) is 11.5 Å². The third kappa shape index (κ3) is 3.23. The molecular weight excluding hydrogens is 294 g/mol. The number of fused-ring (bicyclic) bond motifs is 1. The van der Waals surface area contributed by atoms with E-state index in [4.69, 9.17) is 0 Å². The minimum Gasteiger partial charge on any atom is -0.291 e. The van der Waals surface area contributed by atoms with Gasteiger partial charge in [0, 0.05) is 19.1 Å². The second-order valence-electron chi connectivity index (χ2n) is 5.91. The summed E-state index contributed by atoms with van der Waals surface area (Å²) in [7, 11) is -2.87. The van der Waals surface area contributed by atoms with Gasteiger partial charge in [-0.05, 0) is 22.8 Å². The molecule has 1 fully saturated rings. The number of nitrogens with zero attached hydrogens (tertiary/aromatic N) is 1. The first-order valence-corrected chi connectivity index (χ1v) is 9.43. The van der Waals surface area contributed by atoms with Gasteiger partial charge in [0.25, 0.3) is 0 Å². The van der Waals surface area contributed by atoms with Crippen molar-refractivity contribution >= 4 is 20.6 Å². The van der Waals surface area contributed by atoms with Crippen molar-refractivity contribution in [3.8, 4) is 0 Å². The Kier molecular flexibility index (Phi) is 4.32. The Labute approximate surface area is 132 Å². The SMILES string of the molecule is C=CCN(Cc1cccc2ccccc12)C1CCS(=O)(=O)C1. The van der Waals surface area contributed by atoms with E-state index in [2.05, 4.69) is 41.8 Å². The van der Waals surface area contributed by atoms with Crippen molar-refractivity contribution in [1.82, 2.24) is 4.90 Å². The minimum absolute atomic E-state index is 0.0990. The minimum atomic E-state index is -2.87. The zero-order valence-corrected chi connectivity index (χ0v) is 13.4. The Balaban J connectivity index is 1.88. The molecular formula is C18H21NO2S. The molecule has 1 aliphatic heterocycles. The predicted molar refractivity (Wildman–Crippen MR) is 91.6 cm³/mol. The van der Waals surface area contributed by atoms with Crippen LogP contribution in [0.3, 0.4) is 0 Å². The van der Waals surface area contributed by atoms with Crippen LogP contribution in [0.5, 0.6) is 0 Å². The fourth-order valence-electron chi connectivity index (χ4n) is 3.22. The van der Waals surface area contributed by atoms with Gasteiger partial charge < -0.3 is 0 Å². The Morgan fingerprint density at radius 3 is 2.68 bits per heavy atom. The van der Waals surface area contributed by atoms with E-state index in [-0.39, 0.29) is 11.8 Å². The zero-order chi connectivity index (χ0) is 15.6. The molecule has 116 valence electrons. The van der Waals surface area contributed by atoms with Gasteiger partial charge in [0.2, 0.25) is 0 Å². The molecule has 0 N–H and O–H groups in total. The van der Waals surface area contributed by atoms with Crippen LogP contribution in [-0.2, 0) is 16.4 Å². The lowest BCUT2D eigenvalue weighted by atomic mass is 10.0. The van der Waals surface area contributed by atoms with Crippen LogP contribution in [0.15, 0.2) is 55.1 Å². The van der Waals surface area contributed by atoms with Crippen LogP contribution >= 0.6 is 0 Å². The van der Waals surface area contributed by atoms with Crippen LogP contribution in [0.1, 0.15) is 12.0 Å². The molecule has 2 aromatic rings. The molecule has 0 saturated carbocycles. The second-order valence-corrected chi connectivity index (χ2v) is 8.14. The normalized spacial score (nSPS) is 20.5. The van der Waals surface area contributed by atoms with Crippen molar-refractivity contribution in [2.45, 2.75) is 19.0 Å². The molecule has 1 unspecified atom stereocenters. The predicted octanol–water partition coefficient (Wildman–Crippen LogP) is 3.01. The Hall–Kier alpha value is -1.65. The van der Waals surface area contributed by atoms with E-state index in [9.17, 15) is 8.42 Å². The van der Waals surface area contributed by atoms with Crippen molar-refractivity contribution in [2.75, 3.05) is 18.1 Å². The molecule has 2 aromatic carbocycles. The molecule has 1 atom stereocenters. The van der Waals surface area contributed by atoms with Crippen molar-refractivity contribution < 1.29 is 8.42 Å². The van der Waals surface area contributed by atoms with Crippen LogP contribution < -0.4 is 0 Å². The number of hydrogen-bond donors (Lipinski definition) is 0. The van der Waals surface area contributed by atoms with Crippen molar-refractivity contribution in [2.24, 2.45) is 0 Å². The van der Waals surface area contributed by atoms with Gasteiger partial charge in [-0.15, -0.1) is 6.58 Å². The Morgan fingerprint density at radius 1 is 1.18 bits per heavy atom. The van der Waals surface area contributed by atoms with Crippen molar-refractivity contribution in [1.29, 1.82) is 0 Å². The highest BCUT2D eigenvalue weighted by Gasteiger charge is 2.31. The maximum absolute atomic E-state index is 11.8. The molecule has 22 heavy (non-hydrogen) atoms. The van der Waals surface area contributed by atoms with Gasteiger partial charge in [-0.25, -0.2) is 8.42 Å². The van der Waals surface area contributed by atoms with Gasteiger partial charge >= 0.3 is 0 Å². The third-order valence-electron chi connectivity index (χ3n) is 4.34. The van der Waals surface area contributed by atoms with Crippen LogP contribution in [0, 0.1) is 0 Å². The molecule has 0 spiro atoms.